The molecule has 648 valence electrons. The molecule has 0 amide bonds. The lowest BCUT2D eigenvalue weighted by Crippen LogP contribution is -2.04. The predicted octanol–water partition coefficient (Wildman–Crippen LogP) is 36.2. The van der Waals surface area contributed by atoms with E-state index in [0.29, 0.717) is 0 Å². The summed E-state index contributed by atoms with van der Waals surface area (Å²) in [6.07, 6.45) is 5.86. The zero-order valence-corrected chi connectivity index (χ0v) is 80.2. The molecule has 0 aromatic heterocycles. The first-order valence-electron chi connectivity index (χ1n) is 46.9. The van der Waals surface area contributed by atoms with E-state index in [4.69, 9.17) is 0 Å². The molecule has 21 aromatic carbocycles. The topological polar surface area (TPSA) is 0 Å². The van der Waals surface area contributed by atoms with Gasteiger partial charge in [-0.2, -0.15) is 0 Å². The number of hydrogen-bond acceptors (Lipinski definition) is 0. The first-order chi connectivity index (χ1) is 63.2. The molecule has 0 aliphatic heterocycles. The molecular weight excluding hydrogens is 1570 g/mol. The van der Waals surface area contributed by atoms with Crippen LogP contribution < -0.4 is 0 Å². The van der Waals surface area contributed by atoms with Gasteiger partial charge in [0.1, 0.15) is 0 Å². The second-order valence-corrected chi connectivity index (χ2v) is 37.7. The number of benzene rings is 21. The molecular formula is C131H124. The average Bonchev–Trinajstić information content (AvgIpc) is 1.32. The minimum Gasteiger partial charge on any atom is -0.0616 e. The van der Waals surface area contributed by atoms with Crippen molar-refractivity contribution in [3.8, 4) is 33.4 Å². The molecule has 24 rings (SSSR count). The van der Waals surface area contributed by atoms with Crippen molar-refractivity contribution >= 4 is 97.0 Å². The van der Waals surface area contributed by atoms with Crippen molar-refractivity contribution in [2.75, 3.05) is 0 Å². The van der Waals surface area contributed by atoms with Gasteiger partial charge in [-0.1, -0.05) is 429 Å². The lowest BCUT2D eigenvalue weighted by Gasteiger charge is -2.20. The molecule has 0 spiro atoms. The van der Waals surface area contributed by atoms with Crippen molar-refractivity contribution < 1.29 is 0 Å². The Morgan fingerprint density at radius 2 is 0.298 bits per heavy atom. The van der Waals surface area contributed by atoms with Crippen LogP contribution in [0.4, 0.5) is 0 Å². The summed E-state index contributed by atoms with van der Waals surface area (Å²) in [6.45, 7) is 38.6. The van der Waals surface area contributed by atoms with Crippen LogP contribution in [-0.4, -0.2) is 0 Å². The van der Waals surface area contributed by atoms with Gasteiger partial charge in [-0.3, -0.25) is 0 Å². The maximum atomic E-state index is 2.33. The minimum absolute atomic E-state index is 1.11. The summed E-state index contributed by atoms with van der Waals surface area (Å²) in [4.78, 5) is 0. The van der Waals surface area contributed by atoms with E-state index >= 15 is 0 Å². The second-order valence-electron chi connectivity index (χ2n) is 37.7. The minimum atomic E-state index is 1.11. The van der Waals surface area contributed by atoms with Crippen LogP contribution in [-0.2, 0) is 32.1 Å². The van der Waals surface area contributed by atoms with Gasteiger partial charge in [0.25, 0.3) is 0 Å². The molecule has 0 fully saturated rings. The monoisotopic (exact) mass is 1700 g/mol. The van der Waals surface area contributed by atoms with Gasteiger partial charge in [0.05, 0.1) is 0 Å². The number of rotatable bonds is 0. The molecule has 3 aliphatic rings. The third-order valence-electron chi connectivity index (χ3n) is 26.2. The number of aryl methyl sites for hydroxylation is 22. The van der Waals surface area contributed by atoms with Crippen LogP contribution in [0.15, 0.2) is 364 Å². The van der Waals surface area contributed by atoms with E-state index in [1.807, 2.05) is 0 Å². The Kier molecular flexibility index (Phi) is 27.8. The van der Waals surface area contributed by atoms with E-state index in [1.54, 1.807) is 0 Å². The zero-order chi connectivity index (χ0) is 91.7. The van der Waals surface area contributed by atoms with E-state index in [2.05, 4.69) is 489 Å². The Bertz CT molecular complexity index is 7260. The van der Waals surface area contributed by atoms with Gasteiger partial charge < -0.3 is 0 Å². The van der Waals surface area contributed by atoms with Crippen LogP contribution in [0.25, 0.3) is 130 Å². The molecule has 3 aliphatic carbocycles. The van der Waals surface area contributed by atoms with Gasteiger partial charge in [-0.25, -0.2) is 0 Å². The van der Waals surface area contributed by atoms with Gasteiger partial charge in [-0.15, -0.1) is 0 Å². The maximum Gasteiger partial charge on any atom is -0.00133 e. The highest BCUT2D eigenvalue weighted by molar-refractivity contribution is 6.08. The summed E-state index contributed by atoms with van der Waals surface area (Å²) < 4.78 is 0. The molecule has 0 atom stereocenters. The van der Waals surface area contributed by atoms with Crippen molar-refractivity contribution in [2.24, 2.45) is 0 Å². The number of fused-ring (bicyclic) bond motifs is 19. The fourth-order valence-corrected chi connectivity index (χ4v) is 19.1. The molecule has 0 bridgehead atoms. The molecule has 0 heteroatoms. The van der Waals surface area contributed by atoms with Crippen molar-refractivity contribution in [3.63, 3.8) is 0 Å². The van der Waals surface area contributed by atoms with Gasteiger partial charge in [0.15, 0.2) is 0 Å². The van der Waals surface area contributed by atoms with Crippen LogP contribution in [0, 0.1) is 125 Å². The van der Waals surface area contributed by atoms with Crippen molar-refractivity contribution in [2.45, 2.75) is 157 Å². The van der Waals surface area contributed by atoms with E-state index in [9.17, 15) is 0 Å². The number of hydrogen-bond donors (Lipinski definition) is 0. The standard InChI is InChI=1S/2C16H16.3C16H14.C15H14.3C12H12/c3*1-11-3-7-15-13(9-11)5-6-14-10-12(2)4-8-16(14)15;1-11-3-5-13-10-16-8-12(2)4-6-14(16)9-15(13)7-11;1-11-3-5-13-9-14-6-4-12(2)8-16(14)10-15(13)7-11;1-10-3-5-14-12(7-10)9-13-8-11(2)4-6-15(13)14;1-9-3-5-12-8-10(2)4-6-11(12)7-9;1-9-3-5-11-6-4-10(2)8-12(11)7-9;1-9-7-8-10(2)12-6-4-3-5-11(9)12/h2*3-4,7-10H,5-6H2,1-2H3;3*3-10H,1-2H3;3-8H,9H2,1-2H3;3*3-8H,1-2H3. The molecule has 0 radical (unpaired) electrons. The van der Waals surface area contributed by atoms with E-state index in [1.165, 1.54) is 290 Å². The fourth-order valence-electron chi connectivity index (χ4n) is 19.1. The summed E-state index contributed by atoms with van der Waals surface area (Å²) >= 11 is 0. The van der Waals surface area contributed by atoms with Crippen molar-refractivity contribution in [3.05, 3.63) is 498 Å². The summed E-state index contributed by atoms with van der Waals surface area (Å²) in [5.74, 6) is 0. The van der Waals surface area contributed by atoms with Gasteiger partial charge in [-0.05, 0) is 356 Å². The van der Waals surface area contributed by atoms with Crippen LogP contribution in [0.3, 0.4) is 0 Å². The van der Waals surface area contributed by atoms with Crippen LogP contribution in [0.5, 0.6) is 0 Å². The smallest absolute Gasteiger partial charge is 0.00133 e. The Morgan fingerprint density at radius 3 is 0.573 bits per heavy atom. The summed E-state index contributed by atoms with van der Waals surface area (Å²) in [6, 6.07) is 133. The lowest BCUT2D eigenvalue weighted by atomic mass is 9.84. The van der Waals surface area contributed by atoms with Crippen molar-refractivity contribution in [1.82, 2.24) is 0 Å². The Hall–Kier alpha value is -14.0. The third kappa shape index (κ3) is 22.1. The molecule has 0 heterocycles. The highest BCUT2D eigenvalue weighted by Gasteiger charge is 2.20. The molecule has 21 aromatic rings. The average molecular weight is 1700 g/mol. The quantitative estimate of drug-likeness (QED) is 0.105. The molecule has 0 N–H and O–H groups in total. The Morgan fingerprint density at radius 1 is 0.122 bits per heavy atom. The van der Waals surface area contributed by atoms with E-state index < -0.39 is 0 Å². The van der Waals surface area contributed by atoms with Crippen LogP contribution in [0.1, 0.15) is 134 Å². The lowest BCUT2D eigenvalue weighted by molar-refractivity contribution is 0.937. The first kappa shape index (κ1) is 90.3. The van der Waals surface area contributed by atoms with Crippen LogP contribution >= 0.6 is 0 Å². The normalized spacial score (nSPS) is 11.6. The van der Waals surface area contributed by atoms with Crippen LogP contribution in [0.2, 0.25) is 0 Å². The first-order valence-corrected chi connectivity index (χ1v) is 46.9. The van der Waals surface area contributed by atoms with Gasteiger partial charge in [0.2, 0.25) is 0 Å². The summed E-state index contributed by atoms with van der Waals surface area (Å²) in [7, 11) is 0. The fraction of sp³-hybridized carbons (Fsp3) is 0.176. The molecule has 0 unspecified atom stereocenters. The van der Waals surface area contributed by atoms with E-state index in [0.717, 1.165) is 6.42 Å². The van der Waals surface area contributed by atoms with Crippen molar-refractivity contribution in [1.29, 1.82) is 0 Å². The zero-order valence-electron chi connectivity index (χ0n) is 80.2. The van der Waals surface area contributed by atoms with E-state index in [-0.39, 0.29) is 0 Å². The molecule has 0 saturated carbocycles. The van der Waals surface area contributed by atoms with Gasteiger partial charge >= 0.3 is 0 Å². The molecule has 0 nitrogen and oxygen atoms in total. The Balaban J connectivity index is 0.000000108. The molecule has 0 saturated heterocycles. The third-order valence-corrected chi connectivity index (χ3v) is 26.2. The highest BCUT2D eigenvalue weighted by atomic mass is 14.2. The summed E-state index contributed by atoms with van der Waals surface area (Å²) in [5, 5.41) is 24.1. The predicted molar refractivity (Wildman–Crippen MR) is 575 cm³/mol. The second kappa shape index (κ2) is 40.3. The molecule has 131 heavy (non-hydrogen) atoms. The van der Waals surface area contributed by atoms with Gasteiger partial charge in [0, 0.05) is 0 Å². The largest absolute Gasteiger partial charge is 0.0616 e. The maximum absolute atomic E-state index is 2.33. The highest BCUT2D eigenvalue weighted by Crippen LogP contribution is 2.40. The SMILES string of the molecule is Cc1ccc(C)c2ccccc12.Cc1ccc2c(c1)CCc1cc(C)ccc1-2.Cc1ccc2c(c1)CCc1cc(C)ccc1-2.Cc1ccc2c(c1)Cc1cc(C)ccc1-2.Cc1ccc2c(ccc3cc(C)ccc32)c1.Cc1ccc2cc(C)ccc2c1.Cc1ccc2cc3cc(C)ccc3cc2c1.Cc1ccc2cc3ccc(C)cc3cc2c1.Cc1ccc2ccc(C)cc2c1. The summed E-state index contributed by atoms with van der Waals surface area (Å²) in [5.41, 5.74) is 41.7. The Labute approximate surface area is 779 Å².